The van der Waals surface area contributed by atoms with E-state index in [0.717, 1.165) is 46.5 Å². The van der Waals surface area contributed by atoms with Gasteiger partial charge in [-0.1, -0.05) is 110 Å². The summed E-state index contributed by atoms with van der Waals surface area (Å²) in [5.41, 5.74) is -4.69. The van der Waals surface area contributed by atoms with Gasteiger partial charge in [0.2, 0.25) is 0 Å². The molecule has 0 aromatic carbocycles. The lowest BCUT2D eigenvalue weighted by molar-refractivity contribution is -0.327. The van der Waals surface area contributed by atoms with Crippen molar-refractivity contribution in [3.05, 3.63) is 0 Å². The molecule has 0 rings (SSSR count). The molecule has 0 aliphatic heterocycles. The molecule has 0 nitrogen and oxygen atoms in total. The Kier molecular flexibility index (Phi) is 26.1. The van der Waals surface area contributed by atoms with Crippen molar-refractivity contribution in [2.75, 3.05) is 0 Å². The summed E-state index contributed by atoms with van der Waals surface area (Å²) in [4.78, 5) is 0. The van der Waals surface area contributed by atoms with Gasteiger partial charge >= 0.3 is 24.7 Å². The molecule has 0 saturated heterocycles. The third-order valence-electron chi connectivity index (χ3n) is 3.74. The summed E-state index contributed by atoms with van der Waals surface area (Å²) >= 11 is 0. The Balaban J connectivity index is -0.0000000899. The van der Waals surface area contributed by atoms with Crippen molar-refractivity contribution in [2.45, 2.75) is 149 Å². The molecule has 0 bridgehead atoms. The Morgan fingerprint density at radius 2 is 0.575 bits per heavy atom. The fraction of sp³-hybridized carbons (Fsp3) is 1.00. The first kappa shape index (κ1) is 51.9. The van der Waals surface area contributed by atoms with Gasteiger partial charge in [0.1, 0.15) is 0 Å². The van der Waals surface area contributed by atoms with Crippen LogP contribution in [0.1, 0.15) is 124 Å². The Labute approximate surface area is 236 Å². The normalized spacial score (nSPS) is 12.9. The first-order valence-electron chi connectivity index (χ1n) is 13.0. The molecule has 0 atom stereocenters. The maximum atomic E-state index is 11.6. The largest absolute Gasteiger partial charge is 0.402 e. The second kappa shape index (κ2) is 20.1. The molecule has 40 heavy (non-hydrogen) atoms. The van der Waals surface area contributed by atoms with Gasteiger partial charge in [-0.2, -0.15) is 52.7 Å². The first-order chi connectivity index (χ1) is 16.7. The van der Waals surface area contributed by atoms with Crippen molar-refractivity contribution in [3.8, 4) is 0 Å². The molecule has 0 aromatic rings. The number of hydrogen-bond donors (Lipinski definition) is 0. The SMILES string of the molecule is CC(C)(C(F)(F)F)C(F)(F)F.CC(C)(C)C.CC(C)(C)C(F)(F)F.CC(C)C.CC(C)C(F)(F)F.CCC(C)C. The lowest BCUT2D eigenvalue weighted by Gasteiger charge is -2.29. The van der Waals surface area contributed by atoms with Crippen LogP contribution in [0.25, 0.3) is 0 Å². The fourth-order valence-electron chi connectivity index (χ4n) is 0.161. The molecule has 0 N–H and O–H groups in total. The van der Waals surface area contributed by atoms with Crippen molar-refractivity contribution in [3.63, 3.8) is 0 Å². The van der Waals surface area contributed by atoms with Crippen LogP contribution in [0.3, 0.4) is 0 Å². The molecule has 0 aromatic heterocycles. The van der Waals surface area contributed by atoms with Crippen LogP contribution in [0.2, 0.25) is 0 Å². The van der Waals surface area contributed by atoms with Gasteiger partial charge in [-0.25, -0.2) is 0 Å². The van der Waals surface area contributed by atoms with Crippen LogP contribution in [-0.4, -0.2) is 24.7 Å². The number of hydrogen-bond acceptors (Lipinski definition) is 0. The van der Waals surface area contributed by atoms with E-state index in [2.05, 4.69) is 69.2 Å². The van der Waals surface area contributed by atoms with Crippen LogP contribution < -0.4 is 0 Å². The minimum Gasteiger partial charge on any atom is -0.171 e. The van der Waals surface area contributed by atoms with E-state index in [4.69, 9.17) is 0 Å². The highest BCUT2D eigenvalue weighted by atomic mass is 19.4. The molecule has 0 fully saturated rings. The summed E-state index contributed by atoms with van der Waals surface area (Å²) in [5, 5.41) is 0. The van der Waals surface area contributed by atoms with Gasteiger partial charge in [-0.3, -0.25) is 0 Å². The van der Waals surface area contributed by atoms with E-state index < -0.39 is 41.5 Å². The van der Waals surface area contributed by atoms with Crippen molar-refractivity contribution in [1.29, 1.82) is 0 Å². The molecule has 252 valence electrons. The zero-order valence-electron chi connectivity index (χ0n) is 27.5. The fourth-order valence-corrected chi connectivity index (χ4v) is 0.161. The smallest absolute Gasteiger partial charge is 0.171 e. The van der Waals surface area contributed by atoms with Crippen molar-refractivity contribution in [1.82, 2.24) is 0 Å². The Morgan fingerprint density at radius 1 is 0.450 bits per heavy atom. The zero-order valence-corrected chi connectivity index (χ0v) is 27.5. The number of alkyl halides is 12. The summed E-state index contributed by atoms with van der Waals surface area (Å²) in [6.45, 7) is 27.8. The number of halogens is 12. The third kappa shape index (κ3) is 41.6. The highest BCUT2D eigenvalue weighted by Crippen LogP contribution is 2.49. The lowest BCUT2D eigenvalue weighted by Crippen LogP contribution is -2.44. The summed E-state index contributed by atoms with van der Waals surface area (Å²) in [5.74, 6) is 0.516. The minimum absolute atomic E-state index is 0.104. The van der Waals surface area contributed by atoms with Crippen LogP contribution in [-0.2, 0) is 0 Å². The van der Waals surface area contributed by atoms with E-state index in [9.17, 15) is 52.7 Å². The van der Waals surface area contributed by atoms with Crippen molar-refractivity contribution < 1.29 is 52.7 Å². The molecule has 0 radical (unpaired) electrons. The van der Waals surface area contributed by atoms with Gasteiger partial charge in [0, 0.05) is 5.92 Å². The van der Waals surface area contributed by atoms with E-state index in [1.54, 1.807) is 0 Å². The van der Waals surface area contributed by atoms with Gasteiger partial charge < -0.3 is 0 Å². The third-order valence-corrected chi connectivity index (χ3v) is 3.74. The van der Waals surface area contributed by atoms with Crippen LogP contribution in [0.4, 0.5) is 52.7 Å². The molecule has 0 unspecified atom stereocenters. The standard InChI is InChI=1S/C5H6F6.C5H9F3.2C5H12.C4H7F3.C4H10/c1-3(2,4(6,7)8)5(9,10)11;1-4(2,3)5(6,7)8;1-5(2,3)4;1-4-5(2)3;1-3(2)4(5,6)7;1-4(2)3/h1-2H3;1-3H3;1-4H3;5H,4H2,1-3H3;3H,1-2H3;4H,1-3H3. The van der Waals surface area contributed by atoms with Gasteiger partial charge in [0.05, 0.1) is 5.41 Å². The van der Waals surface area contributed by atoms with E-state index in [0.29, 0.717) is 5.41 Å². The summed E-state index contributed by atoms with van der Waals surface area (Å²) in [6, 6.07) is 0. The Bertz CT molecular complexity index is 524. The van der Waals surface area contributed by atoms with Gasteiger partial charge in [-0.05, 0) is 31.1 Å². The lowest BCUT2D eigenvalue weighted by atomic mass is 9.92. The predicted molar refractivity (Wildman–Crippen MR) is 143 cm³/mol. The van der Waals surface area contributed by atoms with E-state index >= 15 is 0 Å². The maximum Gasteiger partial charge on any atom is 0.402 e. The van der Waals surface area contributed by atoms with Gasteiger partial charge in [0.25, 0.3) is 0 Å². The highest BCUT2D eigenvalue weighted by Gasteiger charge is 2.64. The van der Waals surface area contributed by atoms with E-state index in [-0.39, 0.29) is 13.8 Å². The molecule has 0 spiro atoms. The molecule has 0 aliphatic carbocycles. The zero-order chi connectivity index (χ0) is 34.9. The van der Waals surface area contributed by atoms with Crippen LogP contribution in [0, 0.1) is 34.0 Å². The van der Waals surface area contributed by atoms with Gasteiger partial charge in [-0.15, -0.1) is 0 Å². The second-order valence-electron chi connectivity index (χ2n) is 13.6. The molecular formula is C28H56F12. The Morgan fingerprint density at radius 3 is 0.575 bits per heavy atom. The van der Waals surface area contributed by atoms with Crippen LogP contribution in [0.5, 0.6) is 0 Å². The quantitative estimate of drug-likeness (QED) is 0.256. The number of rotatable bonds is 1. The summed E-state index contributed by atoms with van der Waals surface area (Å²) in [7, 11) is 0. The summed E-state index contributed by atoms with van der Waals surface area (Å²) in [6.07, 6.45) is -17.2. The minimum atomic E-state index is -5.24. The van der Waals surface area contributed by atoms with E-state index in [1.165, 1.54) is 6.42 Å². The second-order valence-corrected chi connectivity index (χ2v) is 13.6. The van der Waals surface area contributed by atoms with E-state index in [1.807, 2.05) is 0 Å². The average molecular weight is 621 g/mol. The summed E-state index contributed by atoms with van der Waals surface area (Å²) < 4.78 is 138. The molecule has 0 saturated carbocycles. The van der Waals surface area contributed by atoms with Crippen molar-refractivity contribution in [2.24, 2.45) is 34.0 Å². The van der Waals surface area contributed by atoms with Gasteiger partial charge in [0.15, 0.2) is 5.41 Å². The highest BCUT2D eigenvalue weighted by molar-refractivity contribution is 4.84. The maximum absolute atomic E-state index is 11.6. The Hall–Kier alpha value is -0.840. The molecule has 0 heterocycles. The molecule has 12 heteroatoms. The molecule has 0 amide bonds. The topological polar surface area (TPSA) is 0 Å². The molecule has 0 aliphatic rings. The molecular weight excluding hydrogens is 564 g/mol. The first-order valence-corrected chi connectivity index (χ1v) is 13.0. The van der Waals surface area contributed by atoms with Crippen LogP contribution in [0.15, 0.2) is 0 Å². The predicted octanol–water partition coefficient (Wildman–Crippen LogP) is 13.7. The van der Waals surface area contributed by atoms with Crippen LogP contribution >= 0.6 is 0 Å². The average Bonchev–Trinajstić information content (AvgIpc) is 2.56. The monoisotopic (exact) mass is 620 g/mol. The van der Waals surface area contributed by atoms with Crippen molar-refractivity contribution >= 4 is 0 Å².